The molecule has 0 aliphatic heterocycles. The standard InChI is InChI=1S/C12H19N3O2/c1-12(2,9-3-5-14-6-4-9)8-15-7-10(13)11(16)17/h3-6,10,15H,7-8,13H2,1-2H3,(H,16,17). The number of carboxylic acid groups (broad SMARTS) is 1. The van der Waals surface area contributed by atoms with E-state index in [0.717, 1.165) is 5.56 Å². The third-order valence-electron chi connectivity index (χ3n) is 2.71. The highest BCUT2D eigenvalue weighted by Gasteiger charge is 2.21. The molecule has 0 saturated heterocycles. The number of nitrogens with two attached hydrogens (primary N) is 1. The van der Waals surface area contributed by atoms with Crippen LogP contribution >= 0.6 is 0 Å². The fourth-order valence-electron chi connectivity index (χ4n) is 1.53. The monoisotopic (exact) mass is 237 g/mol. The molecule has 0 spiro atoms. The Balaban J connectivity index is 2.48. The van der Waals surface area contributed by atoms with Crippen molar-refractivity contribution in [3.05, 3.63) is 30.1 Å². The van der Waals surface area contributed by atoms with Gasteiger partial charge in [-0.3, -0.25) is 9.78 Å². The lowest BCUT2D eigenvalue weighted by atomic mass is 9.85. The van der Waals surface area contributed by atoms with E-state index in [1.807, 2.05) is 12.1 Å². The van der Waals surface area contributed by atoms with Crippen LogP contribution in [0.1, 0.15) is 19.4 Å². The van der Waals surface area contributed by atoms with Crippen molar-refractivity contribution in [2.75, 3.05) is 13.1 Å². The van der Waals surface area contributed by atoms with Crippen LogP contribution in [0.15, 0.2) is 24.5 Å². The second-order valence-corrected chi connectivity index (χ2v) is 4.70. The highest BCUT2D eigenvalue weighted by atomic mass is 16.4. The maximum absolute atomic E-state index is 10.6. The van der Waals surface area contributed by atoms with Gasteiger partial charge >= 0.3 is 5.97 Å². The van der Waals surface area contributed by atoms with Crippen LogP contribution in [0.4, 0.5) is 0 Å². The maximum Gasteiger partial charge on any atom is 0.321 e. The Bertz CT molecular complexity index is 365. The van der Waals surface area contributed by atoms with Gasteiger partial charge in [0.1, 0.15) is 6.04 Å². The van der Waals surface area contributed by atoms with Gasteiger partial charge in [0.25, 0.3) is 0 Å². The SMILES string of the molecule is CC(C)(CNCC(N)C(=O)O)c1ccncc1. The summed E-state index contributed by atoms with van der Waals surface area (Å²) in [6.07, 6.45) is 3.50. The lowest BCUT2D eigenvalue weighted by molar-refractivity contribution is -0.138. The summed E-state index contributed by atoms with van der Waals surface area (Å²) in [4.78, 5) is 14.5. The van der Waals surface area contributed by atoms with Gasteiger partial charge in [0, 0.05) is 30.9 Å². The summed E-state index contributed by atoms with van der Waals surface area (Å²) in [6.45, 7) is 5.10. The average molecular weight is 237 g/mol. The fourth-order valence-corrected chi connectivity index (χ4v) is 1.53. The van der Waals surface area contributed by atoms with Gasteiger partial charge in [-0.2, -0.15) is 0 Å². The Labute approximate surface area is 101 Å². The van der Waals surface area contributed by atoms with Gasteiger partial charge in [-0.25, -0.2) is 0 Å². The molecule has 5 heteroatoms. The Morgan fingerprint density at radius 2 is 2.12 bits per heavy atom. The van der Waals surface area contributed by atoms with Crippen LogP contribution in [0.5, 0.6) is 0 Å². The van der Waals surface area contributed by atoms with Crippen LogP contribution in [-0.2, 0) is 10.2 Å². The Kier molecular flexibility index (Phi) is 4.60. The van der Waals surface area contributed by atoms with E-state index >= 15 is 0 Å². The first kappa shape index (κ1) is 13.6. The average Bonchev–Trinajstić information content (AvgIpc) is 2.29. The van der Waals surface area contributed by atoms with Crippen molar-refractivity contribution < 1.29 is 9.90 Å². The second-order valence-electron chi connectivity index (χ2n) is 4.70. The molecule has 5 nitrogen and oxygen atoms in total. The molecular weight excluding hydrogens is 218 g/mol. The number of carboxylic acids is 1. The topological polar surface area (TPSA) is 88.2 Å². The summed E-state index contributed by atoms with van der Waals surface area (Å²) in [7, 11) is 0. The van der Waals surface area contributed by atoms with E-state index in [0.29, 0.717) is 6.54 Å². The number of carbonyl (C=O) groups is 1. The third kappa shape index (κ3) is 4.13. The molecule has 0 aliphatic carbocycles. The Hall–Kier alpha value is -1.46. The first-order chi connectivity index (χ1) is 7.93. The molecule has 0 saturated carbocycles. The van der Waals surface area contributed by atoms with Gasteiger partial charge < -0.3 is 16.2 Å². The molecule has 1 atom stereocenters. The first-order valence-electron chi connectivity index (χ1n) is 5.53. The molecule has 1 heterocycles. The molecule has 0 radical (unpaired) electrons. The summed E-state index contributed by atoms with van der Waals surface area (Å²) < 4.78 is 0. The molecule has 1 aromatic heterocycles. The van der Waals surface area contributed by atoms with Crippen molar-refractivity contribution in [1.29, 1.82) is 0 Å². The van der Waals surface area contributed by atoms with E-state index in [2.05, 4.69) is 24.1 Å². The van der Waals surface area contributed by atoms with Gasteiger partial charge in [0.2, 0.25) is 0 Å². The number of rotatable bonds is 6. The fraction of sp³-hybridized carbons (Fsp3) is 0.500. The highest BCUT2D eigenvalue weighted by molar-refractivity contribution is 5.73. The minimum atomic E-state index is -0.987. The van der Waals surface area contributed by atoms with Crippen molar-refractivity contribution in [3.63, 3.8) is 0 Å². The summed E-state index contributed by atoms with van der Waals surface area (Å²) in [5.74, 6) is -0.987. The zero-order chi connectivity index (χ0) is 12.9. The molecule has 17 heavy (non-hydrogen) atoms. The van der Waals surface area contributed by atoms with E-state index in [9.17, 15) is 4.79 Å². The van der Waals surface area contributed by atoms with Crippen LogP contribution < -0.4 is 11.1 Å². The second kappa shape index (κ2) is 5.75. The van der Waals surface area contributed by atoms with Crippen LogP contribution in [-0.4, -0.2) is 35.2 Å². The number of aromatic nitrogens is 1. The molecule has 1 rings (SSSR count). The number of hydrogen-bond acceptors (Lipinski definition) is 4. The molecule has 0 aromatic carbocycles. The Morgan fingerprint density at radius 3 is 2.65 bits per heavy atom. The van der Waals surface area contributed by atoms with Crippen molar-refractivity contribution >= 4 is 5.97 Å². The predicted molar refractivity (Wildman–Crippen MR) is 65.7 cm³/mol. The van der Waals surface area contributed by atoms with Gasteiger partial charge in [-0.1, -0.05) is 13.8 Å². The zero-order valence-electron chi connectivity index (χ0n) is 10.2. The lowest BCUT2D eigenvalue weighted by Gasteiger charge is -2.26. The highest BCUT2D eigenvalue weighted by Crippen LogP contribution is 2.20. The van der Waals surface area contributed by atoms with Gasteiger partial charge in [0.15, 0.2) is 0 Å². The lowest BCUT2D eigenvalue weighted by Crippen LogP contribution is -2.44. The first-order valence-corrected chi connectivity index (χ1v) is 5.53. The number of aliphatic carboxylic acids is 1. The predicted octanol–water partition coefficient (Wildman–Crippen LogP) is 0.361. The maximum atomic E-state index is 10.6. The number of hydrogen-bond donors (Lipinski definition) is 3. The largest absolute Gasteiger partial charge is 0.480 e. The molecule has 0 fully saturated rings. The van der Waals surface area contributed by atoms with Crippen LogP contribution in [0.2, 0.25) is 0 Å². The summed E-state index contributed by atoms with van der Waals surface area (Å²) >= 11 is 0. The number of nitrogens with zero attached hydrogens (tertiary/aromatic N) is 1. The molecular formula is C12H19N3O2. The van der Waals surface area contributed by atoms with E-state index < -0.39 is 12.0 Å². The normalized spacial score (nSPS) is 13.4. The molecule has 1 unspecified atom stereocenters. The van der Waals surface area contributed by atoms with Crippen LogP contribution in [0.3, 0.4) is 0 Å². The molecule has 94 valence electrons. The molecule has 0 amide bonds. The van der Waals surface area contributed by atoms with E-state index in [4.69, 9.17) is 10.8 Å². The molecule has 0 aliphatic rings. The minimum Gasteiger partial charge on any atom is -0.480 e. The summed E-state index contributed by atoms with van der Waals surface area (Å²) in [6, 6.07) is 3.06. The smallest absolute Gasteiger partial charge is 0.321 e. The van der Waals surface area contributed by atoms with Crippen LogP contribution in [0, 0.1) is 0 Å². The van der Waals surface area contributed by atoms with Crippen molar-refractivity contribution in [2.24, 2.45) is 5.73 Å². The van der Waals surface area contributed by atoms with Gasteiger partial charge in [-0.15, -0.1) is 0 Å². The third-order valence-corrected chi connectivity index (χ3v) is 2.71. The molecule has 0 bridgehead atoms. The zero-order valence-corrected chi connectivity index (χ0v) is 10.2. The van der Waals surface area contributed by atoms with Crippen molar-refractivity contribution in [2.45, 2.75) is 25.3 Å². The van der Waals surface area contributed by atoms with Crippen molar-refractivity contribution in [1.82, 2.24) is 10.3 Å². The van der Waals surface area contributed by atoms with Gasteiger partial charge in [-0.05, 0) is 17.7 Å². The number of pyridine rings is 1. The molecule has 1 aromatic rings. The van der Waals surface area contributed by atoms with Gasteiger partial charge in [0.05, 0.1) is 0 Å². The van der Waals surface area contributed by atoms with Crippen LogP contribution in [0.25, 0.3) is 0 Å². The van der Waals surface area contributed by atoms with E-state index in [1.165, 1.54) is 0 Å². The summed E-state index contributed by atoms with van der Waals surface area (Å²) in [5.41, 5.74) is 6.49. The number of nitrogens with one attached hydrogen (secondary N) is 1. The van der Waals surface area contributed by atoms with Crippen molar-refractivity contribution in [3.8, 4) is 0 Å². The Morgan fingerprint density at radius 1 is 1.53 bits per heavy atom. The van der Waals surface area contributed by atoms with E-state index in [-0.39, 0.29) is 12.0 Å². The summed E-state index contributed by atoms with van der Waals surface area (Å²) in [5, 5.41) is 11.7. The molecule has 4 N–H and O–H groups in total. The van der Waals surface area contributed by atoms with E-state index in [1.54, 1.807) is 12.4 Å². The minimum absolute atomic E-state index is 0.0822. The quantitative estimate of drug-likeness (QED) is 0.665.